The van der Waals surface area contributed by atoms with Gasteiger partial charge >= 0.3 is 0 Å². The van der Waals surface area contributed by atoms with Crippen molar-refractivity contribution in [3.05, 3.63) is 29.3 Å². The summed E-state index contributed by atoms with van der Waals surface area (Å²) in [6.45, 7) is 10.5. The number of hydrogen-bond donors (Lipinski definition) is 2. The van der Waals surface area contributed by atoms with E-state index in [-0.39, 0.29) is 29.5 Å². The van der Waals surface area contributed by atoms with Crippen LogP contribution >= 0.6 is 35.7 Å². The lowest BCUT2D eigenvalue weighted by molar-refractivity contribution is -0.0104. The van der Waals surface area contributed by atoms with Crippen LogP contribution < -0.4 is 15.4 Å². The predicted octanol–water partition coefficient (Wildman–Crippen LogP) is 2.93. The van der Waals surface area contributed by atoms with Gasteiger partial charge in [-0.1, -0.05) is 17.7 Å². The Morgan fingerprint density at radius 3 is 2.77 bits per heavy atom. The Hall–Kier alpha value is -0.710. The van der Waals surface area contributed by atoms with E-state index in [2.05, 4.69) is 53.3 Å². The van der Waals surface area contributed by atoms with Gasteiger partial charge < -0.3 is 20.1 Å². The van der Waals surface area contributed by atoms with Crippen LogP contribution in [0.4, 0.5) is 0 Å². The molecular formula is C22H37IN4O2S. The molecule has 0 spiro atoms. The number of rotatable bonds is 8. The lowest BCUT2D eigenvalue weighted by atomic mass is 9.96. The third-order valence-electron chi connectivity index (χ3n) is 5.76. The van der Waals surface area contributed by atoms with E-state index in [0.29, 0.717) is 0 Å². The molecule has 2 aliphatic heterocycles. The molecule has 1 atom stereocenters. The number of benzene rings is 1. The molecule has 0 bridgehead atoms. The van der Waals surface area contributed by atoms with Gasteiger partial charge in [-0.25, -0.2) is 0 Å². The molecular weight excluding hydrogens is 511 g/mol. The van der Waals surface area contributed by atoms with E-state index in [1.165, 1.54) is 23.3 Å². The van der Waals surface area contributed by atoms with Crippen molar-refractivity contribution in [2.75, 3.05) is 64.6 Å². The number of morpholine rings is 1. The largest absolute Gasteiger partial charge is 0.496 e. The summed E-state index contributed by atoms with van der Waals surface area (Å²) in [4.78, 5) is 7.61. The molecule has 30 heavy (non-hydrogen) atoms. The predicted molar refractivity (Wildman–Crippen MR) is 138 cm³/mol. The van der Waals surface area contributed by atoms with Gasteiger partial charge in [-0.2, -0.15) is 11.8 Å². The zero-order chi connectivity index (χ0) is 20.5. The second-order valence-corrected chi connectivity index (χ2v) is 8.92. The van der Waals surface area contributed by atoms with Gasteiger partial charge in [-0.05, 0) is 44.1 Å². The summed E-state index contributed by atoms with van der Waals surface area (Å²) in [6, 6.07) is 6.34. The van der Waals surface area contributed by atoms with Crippen molar-refractivity contribution in [3.8, 4) is 5.75 Å². The van der Waals surface area contributed by atoms with Crippen LogP contribution in [0.2, 0.25) is 0 Å². The minimum Gasteiger partial charge on any atom is -0.496 e. The number of methoxy groups -OCH3 is 1. The lowest BCUT2D eigenvalue weighted by Gasteiger charge is -2.42. The summed E-state index contributed by atoms with van der Waals surface area (Å²) in [5.74, 6) is 4.25. The summed E-state index contributed by atoms with van der Waals surface area (Å²) in [7, 11) is 1.73. The Balaban J connectivity index is 0.00000320. The second kappa shape index (κ2) is 13.0. The molecule has 2 heterocycles. The van der Waals surface area contributed by atoms with Gasteiger partial charge in [0.05, 0.1) is 32.4 Å². The first-order chi connectivity index (χ1) is 14.2. The first kappa shape index (κ1) is 25.5. The van der Waals surface area contributed by atoms with Crippen molar-refractivity contribution in [2.24, 2.45) is 4.99 Å². The summed E-state index contributed by atoms with van der Waals surface area (Å²) >= 11 is 2.05. The third kappa shape index (κ3) is 6.90. The minimum atomic E-state index is 0. The Morgan fingerprint density at radius 2 is 2.10 bits per heavy atom. The van der Waals surface area contributed by atoms with Crippen molar-refractivity contribution >= 4 is 41.7 Å². The van der Waals surface area contributed by atoms with Crippen LogP contribution in [0.1, 0.15) is 24.5 Å². The van der Waals surface area contributed by atoms with E-state index < -0.39 is 0 Å². The number of nitrogens with one attached hydrogen (secondary N) is 2. The van der Waals surface area contributed by atoms with Crippen molar-refractivity contribution in [1.82, 2.24) is 15.5 Å². The highest BCUT2D eigenvalue weighted by molar-refractivity contribution is 14.0. The maximum absolute atomic E-state index is 5.57. The zero-order valence-corrected chi connectivity index (χ0v) is 21.7. The molecule has 2 aliphatic rings. The first-order valence-corrected chi connectivity index (χ1v) is 11.9. The van der Waals surface area contributed by atoms with E-state index in [9.17, 15) is 0 Å². The van der Waals surface area contributed by atoms with Crippen LogP contribution in [0, 0.1) is 6.92 Å². The summed E-state index contributed by atoms with van der Waals surface area (Å²) < 4.78 is 11.1. The lowest BCUT2D eigenvalue weighted by Crippen LogP contribution is -2.56. The van der Waals surface area contributed by atoms with Gasteiger partial charge in [0, 0.05) is 31.9 Å². The number of thioether (sulfide) groups is 1. The number of nitrogens with zero attached hydrogens (tertiary/aromatic N) is 2. The number of guanidine groups is 1. The fourth-order valence-corrected chi connectivity index (χ4v) is 5.56. The van der Waals surface area contributed by atoms with Crippen molar-refractivity contribution in [2.45, 2.75) is 32.2 Å². The Morgan fingerprint density at radius 1 is 1.30 bits per heavy atom. The quantitative estimate of drug-likeness (QED) is 0.296. The van der Waals surface area contributed by atoms with Gasteiger partial charge in [0.1, 0.15) is 5.75 Å². The smallest absolute Gasteiger partial charge is 0.191 e. The maximum Gasteiger partial charge on any atom is 0.191 e. The SMILES string of the molecule is CCNC(=NCC1(N2CCOCC2)CCSC1)NCCc1cc(C)ccc1OC.I. The molecule has 8 heteroatoms. The highest BCUT2D eigenvalue weighted by Crippen LogP contribution is 2.34. The molecule has 2 fully saturated rings. The monoisotopic (exact) mass is 548 g/mol. The van der Waals surface area contributed by atoms with Crippen LogP contribution in [0.3, 0.4) is 0 Å². The highest BCUT2D eigenvalue weighted by Gasteiger charge is 2.40. The molecule has 1 unspecified atom stereocenters. The van der Waals surface area contributed by atoms with Gasteiger partial charge in [0.15, 0.2) is 5.96 Å². The summed E-state index contributed by atoms with van der Waals surface area (Å²) in [5, 5.41) is 6.93. The normalized spacial score (nSPS) is 22.4. The van der Waals surface area contributed by atoms with E-state index in [1.54, 1.807) is 7.11 Å². The van der Waals surface area contributed by atoms with E-state index in [1.807, 2.05) is 6.07 Å². The van der Waals surface area contributed by atoms with Crippen molar-refractivity contribution in [3.63, 3.8) is 0 Å². The molecule has 0 aromatic heterocycles. The number of hydrogen-bond acceptors (Lipinski definition) is 5. The molecule has 170 valence electrons. The minimum absolute atomic E-state index is 0. The van der Waals surface area contributed by atoms with Crippen LogP contribution in [-0.2, 0) is 11.2 Å². The number of aryl methyl sites for hydroxylation is 1. The summed E-state index contributed by atoms with van der Waals surface area (Å²) in [6.07, 6.45) is 2.11. The topological polar surface area (TPSA) is 58.1 Å². The van der Waals surface area contributed by atoms with Gasteiger partial charge in [0.25, 0.3) is 0 Å². The summed E-state index contributed by atoms with van der Waals surface area (Å²) in [5.41, 5.74) is 2.66. The third-order valence-corrected chi connectivity index (χ3v) is 7.00. The first-order valence-electron chi connectivity index (χ1n) is 10.7. The Labute approximate surface area is 203 Å². The van der Waals surface area contributed by atoms with Crippen LogP contribution in [0.15, 0.2) is 23.2 Å². The molecule has 1 aromatic carbocycles. The van der Waals surface area contributed by atoms with E-state index >= 15 is 0 Å². The molecule has 0 radical (unpaired) electrons. The average Bonchev–Trinajstić information content (AvgIpc) is 3.23. The fraction of sp³-hybridized carbons (Fsp3) is 0.682. The molecule has 3 rings (SSSR count). The molecule has 2 N–H and O–H groups in total. The maximum atomic E-state index is 5.57. The van der Waals surface area contributed by atoms with Crippen LogP contribution in [0.25, 0.3) is 0 Å². The molecule has 1 aromatic rings. The van der Waals surface area contributed by atoms with Crippen molar-refractivity contribution in [1.29, 1.82) is 0 Å². The average molecular weight is 549 g/mol. The van der Waals surface area contributed by atoms with E-state index in [0.717, 1.165) is 69.8 Å². The molecule has 0 amide bonds. The second-order valence-electron chi connectivity index (χ2n) is 7.81. The Bertz CT molecular complexity index is 677. The fourth-order valence-electron chi connectivity index (χ4n) is 4.09. The molecule has 6 nitrogen and oxygen atoms in total. The van der Waals surface area contributed by atoms with Gasteiger partial charge in [0.2, 0.25) is 0 Å². The van der Waals surface area contributed by atoms with E-state index in [4.69, 9.17) is 14.5 Å². The number of halogens is 1. The van der Waals surface area contributed by atoms with Crippen LogP contribution in [-0.4, -0.2) is 81.0 Å². The Kier molecular flexibility index (Phi) is 11.1. The van der Waals surface area contributed by atoms with Crippen molar-refractivity contribution < 1.29 is 9.47 Å². The zero-order valence-electron chi connectivity index (χ0n) is 18.5. The highest BCUT2D eigenvalue weighted by atomic mass is 127. The molecule has 2 saturated heterocycles. The standard InChI is InChI=1S/C22H36N4O2S.HI/c1-4-23-21(24-9-7-19-15-18(2)5-6-20(19)27-3)25-16-22(8-14-29-17-22)26-10-12-28-13-11-26;/h5-6,15H,4,7-14,16-17H2,1-3H3,(H2,23,24,25);1H. The molecule has 0 saturated carbocycles. The molecule has 0 aliphatic carbocycles. The van der Waals surface area contributed by atoms with Crippen LogP contribution in [0.5, 0.6) is 5.75 Å². The number of ether oxygens (including phenoxy) is 2. The number of aliphatic imine (C=N–C) groups is 1. The van der Waals surface area contributed by atoms with Gasteiger partial charge in [-0.3, -0.25) is 9.89 Å². The van der Waals surface area contributed by atoms with Gasteiger partial charge in [-0.15, -0.1) is 24.0 Å².